The monoisotopic (exact) mass is 441 g/mol. The first-order chi connectivity index (χ1) is 15.0. The van der Waals surface area contributed by atoms with Gasteiger partial charge in [-0.15, -0.1) is 0 Å². The number of hydrogen-bond acceptors (Lipinski definition) is 4. The summed E-state index contributed by atoms with van der Waals surface area (Å²) in [5, 5.41) is 0. The van der Waals surface area contributed by atoms with Gasteiger partial charge in [0.15, 0.2) is 0 Å². The third kappa shape index (κ3) is 4.67. The van der Waals surface area contributed by atoms with Gasteiger partial charge < -0.3 is 4.90 Å². The molecule has 2 atom stereocenters. The standard InChI is InChI=1S/C24H31N3O3S/c1-19-8-4-6-17-27(19)31(29,30)22-10-7-9-21(18-22)24(28)26-16-5-2-3-11-23(26)20-12-14-25-15-13-20/h7,9-10,12-15,18-19,23H,2-6,8,11,16-17H2,1H3. The Morgan fingerprint density at radius 1 is 0.968 bits per heavy atom. The van der Waals surface area contributed by atoms with E-state index in [9.17, 15) is 13.2 Å². The number of aromatic nitrogens is 1. The van der Waals surface area contributed by atoms with E-state index in [1.54, 1.807) is 41.0 Å². The summed E-state index contributed by atoms with van der Waals surface area (Å²) in [4.78, 5) is 19.8. The minimum absolute atomic E-state index is 0.0135. The summed E-state index contributed by atoms with van der Waals surface area (Å²) in [6.45, 7) is 3.17. The molecule has 2 aromatic rings. The molecule has 31 heavy (non-hydrogen) atoms. The minimum Gasteiger partial charge on any atom is -0.332 e. The van der Waals surface area contributed by atoms with Crippen LogP contribution in [0, 0.1) is 0 Å². The summed E-state index contributed by atoms with van der Waals surface area (Å²) < 4.78 is 28.2. The van der Waals surface area contributed by atoms with Crippen molar-refractivity contribution in [2.24, 2.45) is 0 Å². The Hall–Kier alpha value is -2.25. The van der Waals surface area contributed by atoms with E-state index in [-0.39, 0.29) is 22.9 Å². The highest BCUT2D eigenvalue weighted by atomic mass is 32.2. The molecule has 1 aromatic carbocycles. The fourth-order valence-corrected chi connectivity index (χ4v) is 6.55. The lowest BCUT2D eigenvalue weighted by Gasteiger charge is -2.33. The average molecular weight is 442 g/mol. The maximum absolute atomic E-state index is 13.6. The highest BCUT2D eigenvalue weighted by molar-refractivity contribution is 7.89. The lowest BCUT2D eigenvalue weighted by molar-refractivity contribution is 0.0680. The van der Waals surface area contributed by atoms with Crippen molar-refractivity contribution in [1.82, 2.24) is 14.2 Å². The molecular weight excluding hydrogens is 410 g/mol. The molecule has 6 nitrogen and oxygen atoms in total. The zero-order chi connectivity index (χ0) is 21.8. The number of nitrogens with zero attached hydrogens (tertiary/aromatic N) is 3. The van der Waals surface area contributed by atoms with Crippen LogP contribution in [-0.4, -0.2) is 47.6 Å². The van der Waals surface area contributed by atoms with Crippen LogP contribution in [0.5, 0.6) is 0 Å². The second-order valence-electron chi connectivity index (χ2n) is 8.63. The second-order valence-corrected chi connectivity index (χ2v) is 10.5. The number of sulfonamides is 1. The fourth-order valence-electron chi connectivity index (χ4n) is 4.80. The molecule has 2 unspecified atom stereocenters. The van der Waals surface area contributed by atoms with Gasteiger partial charge in [-0.1, -0.05) is 25.3 Å². The van der Waals surface area contributed by atoms with Crippen molar-refractivity contribution in [3.63, 3.8) is 0 Å². The van der Waals surface area contributed by atoms with E-state index in [4.69, 9.17) is 0 Å². The van der Waals surface area contributed by atoms with E-state index >= 15 is 0 Å². The smallest absolute Gasteiger partial charge is 0.254 e. The summed E-state index contributed by atoms with van der Waals surface area (Å²) >= 11 is 0. The molecule has 1 aromatic heterocycles. The van der Waals surface area contributed by atoms with Crippen molar-refractivity contribution in [3.8, 4) is 0 Å². The number of likely N-dealkylation sites (tertiary alicyclic amines) is 1. The van der Waals surface area contributed by atoms with Gasteiger partial charge in [0.05, 0.1) is 10.9 Å². The zero-order valence-corrected chi connectivity index (χ0v) is 18.9. The van der Waals surface area contributed by atoms with Gasteiger partial charge in [0, 0.05) is 37.1 Å². The first-order valence-electron chi connectivity index (χ1n) is 11.3. The van der Waals surface area contributed by atoms with Crippen LogP contribution in [0.25, 0.3) is 0 Å². The van der Waals surface area contributed by atoms with Gasteiger partial charge in [-0.25, -0.2) is 8.42 Å². The maximum Gasteiger partial charge on any atom is 0.254 e. The molecule has 2 saturated heterocycles. The highest BCUT2D eigenvalue weighted by Gasteiger charge is 2.32. The molecular formula is C24H31N3O3S. The van der Waals surface area contributed by atoms with Crippen molar-refractivity contribution in [2.75, 3.05) is 13.1 Å². The van der Waals surface area contributed by atoms with Crippen LogP contribution in [-0.2, 0) is 10.0 Å². The van der Waals surface area contributed by atoms with E-state index in [1.807, 2.05) is 24.0 Å². The van der Waals surface area contributed by atoms with Crippen LogP contribution in [0.4, 0.5) is 0 Å². The summed E-state index contributed by atoms with van der Waals surface area (Å²) in [7, 11) is -3.62. The Kier molecular flexibility index (Phi) is 6.72. The normalized spacial score (nSPS) is 23.3. The molecule has 3 heterocycles. The van der Waals surface area contributed by atoms with Crippen molar-refractivity contribution in [3.05, 3.63) is 59.9 Å². The topological polar surface area (TPSA) is 70.6 Å². The van der Waals surface area contributed by atoms with Gasteiger partial charge in [-0.2, -0.15) is 4.31 Å². The van der Waals surface area contributed by atoms with E-state index < -0.39 is 10.0 Å². The fraction of sp³-hybridized carbons (Fsp3) is 0.500. The van der Waals surface area contributed by atoms with Crippen molar-refractivity contribution >= 4 is 15.9 Å². The molecule has 4 rings (SSSR count). The largest absolute Gasteiger partial charge is 0.332 e. The van der Waals surface area contributed by atoms with Crippen LogP contribution in [0.15, 0.2) is 53.7 Å². The first-order valence-corrected chi connectivity index (χ1v) is 12.8. The van der Waals surface area contributed by atoms with Gasteiger partial charge >= 0.3 is 0 Å². The molecule has 2 aliphatic rings. The van der Waals surface area contributed by atoms with Gasteiger partial charge in [0.2, 0.25) is 10.0 Å². The highest BCUT2D eigenvalue weighted by Crippen LogP contribution is 2.32. The molecule has 2 fully saturated rings. The summed E-state index contributed by atoms with van der Waals surface area (Å²) in [5.41, 5.74) is 1.52. The predicted octanol–water partition coefficient (Wildman–Crippen LogP) is 4.40. The lowest BCUT2D eigenvalue weighted by atomic mass is 10.0. The minimum atomic E-state index is -3.62. The molecule has 0 saturated carbocycles. The molecule has 166 valence electrons. The molecule has 0 N–H and O–H groups in total. The SMILES string of the molecule is CC1CCCCN1S(=O)(=O)c1cccc(C(=O)N2CCCCCC2c2ccncc2)c1. The number of carbonyl (C=O) groups is 1. The quantitative estimate of drug-likeness (QED) is 0.705. The summed E-state index contributed by atoms with van der Waals surface area (Å²) in [6.07, 6.45) is 10.3. The Bertz CT molecular complexity index is 1010. The van der Waals surface area contributed by atoms with E-state index in [0.29, 0.717) is 18.7 Å². The van der Waals surface area contributed by atoms with Gasteiger partial charge in [0.25, 0.3) is 5.91 Å². The number of hydrogen-bond donors (Lipinski definition) is 0. The van der Waals surface area contributed by atoms with Crippen LogP contribution in [0.1, 0.15) is 73.8 Å². The van der Waals surface area contributed by atoms with Crippen molar-refractivity contribution in [1.29, 1.82) is 0 Å². The third-order valence-electron chi connectivity index (χ3n) is 6.53. The molecule has 0 radical (unpaired) electrons. The van der Waals surface area contributed by atoms with Crippen LogP contribution >= 0.6 is 0 Å². The maximum atomic E-state index is 13.6. The first kappa shape index (κ1) is 22.0. The van der Waals surface area contributed by atoms with Crippen LogP contribution in [0.3, 0.4) is 0 Å². The number of benzene rings is 1. The molecule has 7 heteroatoms. The number of amides is 1. The van der Waals surface area contributed by atoms with Crippen LogP contribution in [0.2, 0.25) is 0 Å². The number of carbonyl (C=O) groups excluding carboxylic acids is 1. The Balaban J connectivity index is 1.64. The number of pyridine rings is 1. The van der Waals surface area contributed by atoms with Gasteiger partial charge in [0.1, 0.15) is 0 Å². The summed E-state index contributed by atoms with van der Waals surface area (Å²) in [6, 6.07) is 10.5. The van der Waals surface area contributed by atoms with E-state index in [0.717, 1.165) is 50.5 Å². The second kappa shape index (κ2) is 9.49. The zero-order valence-electron chi connectivity index (χ0n) is 18.1. The van der Waals surface area contributed by atoms with Gasteiger partial charge in [-0.3, -0.25) is 9.78 Å². The van der Waals surface area contributed by atoms with Crippen molar-refractivity contribution < 1.29 is 13.2 Å². The van der Waals surface area contributed by atoms with Gasteiger partial charge in [-0.05, 0) is 68.5 Å². The molecule has 1 amide bonds. The Morgan fingerprint density at radius 2 is 1.71 bits per heavy atom. The molecule has 0 spiro atoms. The third-order valence-corrected chi connectivity index (χ3v) is 8.54. The Morgan fingerprint density at radius 3 is 2.48 bits per heavy atom. The van der Waals surface area contributed by atoms with Crippen molar-refractivity contribution in [2.45, 2.75) is 68.8 Å². The predicted molar refractivity (Wildman–Crippen MR) is 120 cm³/mol. The lowest BCUT2D eigenvalue weighted by Crippen LogP contribution is -2.42. The Labute approximate surface area is 185 Å². The number of piperidine rings is 1. The average Bonchev–Trinajstić information content (AvgIpc) is 3.05. The van der Waals surface area contributed by atoms with Crippen LogP contribution < -0.4 is 0 Å². The molecule has 2 aliphatic heterocycles. The van der Waals surface area contributed by atoms with E-state index in [1.165, 1.54) is 0 Å². The molecule has 0 bridgehead atoms. The van der Waals surface area contributed by atoms with E-state index in [2.05, 4.69) is 4.98 Å². The summed E-state index contributed by atoms with van der Waals surface area (Å²) in [5.74, 6) is -0.104. The number of rotatable bonds is 4. The molecule has 0 aliphatic carbocycles.